The van der Waals surface area contributed by atoms with Crippen LogP contribution in [0.15, 0.2) is 81.5 Å². The summed E-state index contributed by atoms with van der Waals surface area (Å²) in [4.78, 5) is 18.2. The fraction of sp³-hybridized carbons (Fsp3) is 0.357. The number of amides is 1. The van der Waals surface area contributed by atoms with Gasteiger partial charge in [-0.25, -0.2) is 0 Å². The van der Waals surface area contributed by atoms with Gasteiger partial charge in [-0.15, -0.1) is 10.2 Å². The normalized spacial score (nSPS) is 20.3. The highest BCUT2D eigenvalue weighted by molar-refractivity contribution is 6.15. The van der Waals surface area contributed by atoms with E-state index in [1.165, 1.54) is 5.57 Å². The van der Waals surface area contributed by atoms with Gasteiger partial charge in [-0.3, -0.25) is 14.4 Å². The molecule has 0 radical (unpaired) electrons. The Bertz CT molecular complexity index is 1420. The molecule has 0 fully saturated rings. The summed E-state index contributed by atoms with van der Waals surface area (Å²) >= 11 is 0. The van der Waals surface area contributed by atoms with Crippen molar-refractivity contribution in [2.45, 2.75) is 44.3 Å². The van der Waals surface area contributed by atoms with Crippen LogP contribution >= 0.6 is 0 Å². The number of nitrogens with zero attached hydrogens (tertiary/aromatic N) is 6. The molecule has 0 saturated carbocycles. The number of aromatic nitrogens is 3. The SMILES string of the molecule is Cc1nnc2n1-c1ccccc1C(c1ccccc1)=N[C@H]2CC(=O)NCCC1(CCC2=CC2CO)N=N1. The van der Waals surface area contributed by atoms with E-state index in [1.54, 1.807) is 0 Å². The molecule has 2 aliphatic heterocycles. The summed E-state index contributed by atoms with van der Waals surface area (Å²) in [5.41, 5.74) is 4.65. The summed E-state index contributed by atoms with van der Waals surface area (Å²) in [5, 5.41) is 29.5. The molecule has 37 heavy (non-hydrogen) atoms. The first-order valence-electron chi connectivity index (χ1n) is 12.7. The van der Waals surface area contributed by atoms with E-state index in [0.717, 1.165) is 41.2 Å². The zero-order chi connectivity index (χ0) is 25.4. The maximum absolute atomic E-state index is 13.1. The van der Waals surface area contributed by atoms with Crippen molar-refractivity contribution in [3.8, 4) is 5.69 Å². The first kappa shape index (κ1) is 23.4. The van der Waals surface area contributed by atoms with Crippen LogP contribution in [0.5, 0.6) is 0 Å². The van der Waals surface area contributed by atoms with Crippen LogP contribution in [0.1, 0.15) is 54.5 Å². The molecule has 3 heterocycles. The number of aliphatic hydroxyl groups excluding tert-OH is 1. The van der Waals surface area contributed by atoms with Crippen LogP contribution in [0.4, 0.5) is 0 Å². The van der Waals surface area contributed by atoms with Crippen molar-refractivity contribution in [2.24, 2.45) is 21.1 Å². The highest BCUT2D eigenvalue weighted by atomic mass is 16.3. The second-order valence-corrected chi connectivity index (χ2v) is 9.83. The Labute approximate surface area is 215 Å². The molecule has 0 saturated heterocycles. The second kappa shape index (κ2) is 9.48. The molecule has 1 aliphatic carbocycles. The van der Waals surface area contributed by atoms with E-state index in [0.29, 0.717) is 18.8 Å². The molecule has 9 nitrogen and oxygen atoms in total. The Morgan fingerprint density at radius 1 is 1.05 bits per heavy atom. The maximum atomic E-state index is 13.1. The van der Waals surface area contributed by atoms with Crippen LogP contribution in [-0.4, -0.2) is 50.3 Å². The van der Waals surface area contributed by atoms with Crippen molar-refractivity contribution in [1.29, 1.82) is 0 Å². The van der Waals surface area contributed by atoms with Crippen LogP contribution in [-0.2, 0) is 4.79 Å². The molecule has 1 amide bonds. The third-order valence-corrected chi connectivity index (χ3v) is 7.28. The van der Waals surface area contributed by atoms with E-state index < -0.39 is 11.7 Å². The number of carbonyl (C=O) groups excluding carboxylic acids is 1. The number of aryl methyl sites for hydroxylation is 1. The molecule has 3 aliphatic rings. The topological polar surface area (TPSA) is 117 Å². The van der Waals surface area contributed by atoms with Gasteiger partial charge in [0.05, 0.1) is 24.4 Å². The van der Waals surface area contributed by atoms with Crippen molar-refractivity contribution in [3.05, 3.63) is 89.0 Å². The van der Waals surface area contributed by atoms with Crippen LogP contribution in [0.3, 0.4) is 0 Å². The molecule has 1 unspecified atom stereocenters. The number of hydrogen-bond donors (Lipinski definition) is 2. The monoisotopic (exact) mass is 495 g/mol. The summed E-state index contributed by atoms with van der Waals surface area (Å²) in [7, 11) is 0. The number of aliphatic imine (C=N–C) groups is 1. The minimum atomic E-state index is -0.481. The van der Waals surface area contributed by atoms with Gasteiger partial charge >= 0.3 is 0 Å². The quantitative estimate of drug-likeness (QED) is 0.415. The third-order valence-electron chi connectivity index (χ3n) is 7.28. The molecule has 2 atom stereocenters. The van der Waals surface area contributed by atoms with Crippen molar-refractivity contribution in [2.75, 3.05) is 13.2 Å². The predicted octanol–water partition coefficient (Wildman–Crippen LogP) is 3.86. The van der Waals surface area contributed by atoms with Gasteiger partial charge in [-0.2, -0.15) is 10.2 Å². The smallest absolute Gasteiger partial charge is 0.222 e. The maximum Gasteiger partial charge on any atom is 0.222 e. The van der Waals surface area contributed by atoms with Crippen LogP contribution < -0.4 is 5.32 Å². The van der Waals surface area contributed by atoms with Crippen LogP contribution in [0.2, 0.25) is 0 Å². The number of hydrogen-bond acceptors (Lipinski definition) is 7. The highest BCUT2D eigenvalue weighted by Crippen LogP contribution is 2.41. The Hall–Kier alpha value is -3.98. The zero-order valence-corrected chi connectivity index (χ0v) is 20.7. The molecule has 188 valence electrons. The van der Waals surface area contributed by atoms with E-state index in [-0.39, 0.29) is 24.9 Å². The van der Waals surface area contributed by atoms with Gasteiger partial charge in [0.1, 0.15) is 11.9 Å². The first-order valence-corrected chi connectivity index (χ1v) is 12.7. The summed E-state index contributed by atoms with van der Waals surface area (Å²) < 4.78 is 2.01. The van der Waals surface area contributed by atoms with Crippen molar-refractivity contribution in [1.82, 2.24) is 20.1 Å². The molecule has 0 spiro atoms. The average Bonchev–Trinajstić information content (AvgIpc) is 3.83. The lowest BCUT2D eigenvalue weighted by atomic mass is 10.0. The Kier molecular flexibility index (Phi) is 6.00. The number of benzene rings is 2. The number of fused-ring (bicyclic) bond motifs is 3. The Morgan fingerprint density at radius 2 is 1.84 bits per heavy atom. The lowest BCUT2D eigenvalue weighted by Gasteiger charge is -2.14. The van der Waals surface area contributed by atoms with Gasteiger partial charge in [0, 0.05) is 36.4 Å². The fourth-order valence-corrected chi connectivity index (χ4v) is 5.05. The molecule has 0 bridgehead atoms. The third kappa shape index (κ3) is 4.74. The Balaban J connectivity index is 1.18. The van der Waals surface area contributed by atoms with Crippen molar-refractivity contribution >= 4 is 11.6 Å². The minimum Gasteiger partial charge on any atom is -0.395 e. The highest BCUT2D eigenvalue weighted by Gasteiger charge is 2.40. The minimum absolute atomic E-state index is 0.0969. The molecular weight excluding hydrogens is 466 g/mol. The van der Waals surface area contributed by atoms with E-state index in [9.17, 15) is 9.90 Å². The van der Waals surface area contributed by atoms with Crippen LogP contribution in [0, 0.1) is 12.8 Å². The van der Waals surface area contributed by atoms with Gasteiger partial charge in [0.15, 0.2) is 11.5 Å². The van der Waals surface area contributed by atoms with E-state index >= 15 is 0 Å². The van der Waals surface area contributed by atoms with E-state index in [1.807, 2.05) is 60.0 Å². The first-order chi connectivity index (χ1) is 18.1. The van der Waals surface area contributed by atoms with E-state index in [2.05, 4.69) is 37.9 Å². The predicted molar refractivity (Wildman–Crippen MR) is 139 cm³/mol. The molecule has 6 rings (SSSR count). The second-order valence-electron chi connectivity index (χ2n) is 9.83. The van der Waals surface area contributed by atoms with Gasteiger partial charge < -0.3 is 10.4 Å². The summed E-state index contributed by atoms with van der Waals surface area (Å²) in [6, 6.07) is 17.6. The largest absolute Gasteiger partial charge is 0.395 e. The van der Waals surface area contributed by atoms with Gasteiger partial charge in [0.25, 0.3) is 0 Å². The zero-order valence-electron chi connectivity index (χ0n) is 20.7. The number of carbonyl (C=O) groups is 1. The average molecular weight is 496 g/mol. The van der Waals surface area contributed by atoms with Gasteiger partial charge in [-0.1, -0.05) is 60.2 Å². The van der Waals surface area contributed by atoms with Crippen molar-refractivity contribution < 1.29 is 9.90 Å². The lowest BCUT2D eigenvalue weighted by Crippen LogP contribution is -2.29. The number of rotatable bonds is 10. The number of para-hydroxylation sites is 1. The summed E-state index contributed by atoms with van der Waals surface area (Å²) in [6.07, 6.45) is 4.63. The Morgan fingerprint density at radius 3 is 2.59 bits per heavy atom. The van der Waals surface area contributed by atoms with Gasteiger partial charge in [-0.05, 0) is 19.4 Å². The summed E-state index contributed by atoms with van der Waals surface area (Å²) in [6.45, 7) is 2.59. The molecule has 3 aromatic rings. The molecule has 2 aromatic carbocycles. The number of aliphatic hydroxyl groups is 1. The summed E-state index contributed by atoms with van der Waals surface area (Å²) in [5.74, 6) is 1.56. The molecular formula is C28H29N7O2. The standard InChI is InChI=1S/C28H29N7O2/c1-18-31-32-27-23(16-25(37)29-14-13-28(33-34-28)12-11-20-15-21(20)17-36)30-26(19-7-3-2-4-8-19)22-9-5-6-10-24(22)35(18)27/h2-10,15,21,23,36H,11-14,16-17H2,1H3,(H,29,37)/t21?,23-/m0/s1. The lowest BCUT2D eigenvalue weighted by molar-refractivity contribution is -0.121. The molecule has 2 N–H and O–H groups in total. The van der Waals surface area contributed by atoms with E-state index in [4.69, 9.17) is 4.99 Å². The number of nitrogens with one attached hydrogen (secondary N) is 1. The molecule has 9 heteroatoms. The van der Waals surface area contributed by atoms with Gasteiger partial charge in [0.2, 0.25) is 5.91 Å². The van der Waals surface area contributed by atoms with Crippen molar-refractivity contribution in [3.63, 3.8) is 0 Å². The fourth-order valence-electron chi connectivity index (χ4n) is 5.05. The molecule has 1 aromatic heterocycles. The van der Waals surface area contributed by atoms with Crippen LogP contribution in [0.25, 0.3) is 5.69 Å².